The summed E-state index contributed by atoms with van der Waals surface area (Å²) < 4.78 is 42.2. The molecule has 1 saturated heterocycles. The van der Waals surface area contributed by atoms with E-state index in [9.17, 15) is 17.8 Å². The highest BCUT2D eigenvalue weighted by molar-refractivity contribution is 7.85. The summed E-state index contributed by atoms with van der Waals surface area (Å²) in [4.78, 5) is 15.5. The van der Waals surface area contributed by atoms with Gasteiger partial charge in [-0.05, 0) is 63.6 Å². The van der Waals surface area contributed by atoms with Gasteiger partial charge in [0.15, 0.2) is 12.3 Å². The molecule has 2 N–H and O–H groups in total. The minimum absolute atomic E-state index is 0.0726. The first-order valence-electron chi connectivity index (χ1n) is 14.5. The lowest BCUT2D eigenvalue weighted by molar-refractivity contribution is -0.444. The summed E-state index contributed by atoms with van der Waals surface area (Å²) in [5, 5.41) is 8.80. The van der Waals surface area contributed by atoms with Crippen LogP contribution in [0.25, 0.3) is 6.08 Å². The number of piperazine rings is 1. The second-order valence-electron chi connectivity index (χ2n) is 12.0. The molecule has 0 saturated carbocycles. The maximum atomic E-state index is 11.8. The molecule has 9 nitrogen and oxygen atoms in total. The molecule has 0 amide bonds. The van der Waals surface area contributed by atoms with E-state index >= 15 is 0 Å². The Morgan fingerprint density at radius 1 is 1.07 bits per heavy atom. The number of nitrogens with zero attached hydrogens (tertiary/aromatic N) is 3. The van der Waals surface area contributed by atoms with Crippen molar-refractivity contribution in [3.05, 3.63) is 53.1 Å². The standard InChI is InChI=1S/C31H37N3O6S/c1-31(2)25-20-23(41(37,38)39)9-10-26(25)34-13-11-27-24(30(31)34)18-21-7-8-22(19-28(21)40-27)33-16-14-32(15-17-33)12-5-3-4-6-29(35)36/h7-10,18-20,27H,3-6,11-17H2,1-2H3,(H-,35,36,37,38,39)/p+1. The van der Waals surface area contributed by atoms with Crippen molar-refractivity contribution in [2.75, 3.05) is 44.2 Å². The smallest absolute Gasteiger partial charge is 0.303 e. The molecular formula is C31H38N3O6S+. The van der Waals surface area contributed by atoms with Crippen molar-refractivity contribution in [3.63, 3.8) is 0 Å². The first-order chi connectivity index (χ1) is 19.5. The average Bonchev–Trinajstić information content (AvgIpc) is 3.17. The summed E-state index contributed by atoms with van der Waals surface area (Å²) in [6, 6.07) is 11.3. The number of carboxylic acid groups (broad SMARTS) is 1. The van der Waals surface area contributed by atoms with E-state index in [0.717, 1.165) is 104 Å². The lowest BCUT2D eigenvalue weighted by Crippen LogP contribution is -2.46. The highest BCUT2D eigenvalue weighted by Gasteiger charge is 2.52. The number of fused-ring (bicyclic) bond motifs is 5. The second kappa shape index (κ2) is 10.6. The van der Waals surface area contributed by atoms with Crippen molar-refractivity contribution >= 4 is 39.2 Å². The molecule has 4 aliphatic rings. The van der Waals surface area contributed by atoms with Gasteiger partial charge in [0.05, 0.1) is 15.9 Å². The van der Waals surface area contributed by atoms with Crippen molar-refractivity contribution in [3.8, 4) is 5.75 Å². The number of ether oxygens (including phenoxy) is 1. The number of unbranched alkanes of at least 4 members (excludes halogenated alkanes) is 2. The lowest BCUT2D eigenvalue weighted by Gasteiger charge is -2.37. The number of aliphatic carboxylic acids is 1. The van der Waals surface area contributed by atoms with Crippen LogP contribution >= 0.6 is 0 Å². The Balaban J connectivity index is 1.17. The van der Waals surface area contributed by atoms with Gasteiger partial charge < -0.3 is 14.7 Å². The molecule has 0 radical (unpaired) electrons. The van der Waals surface area contributed by atoms with E-state index in [2.05, 4.69) is 52.5 Å². The molecular weight excluding hydrogens is 542 g/mol. The van der Waals surface area contributed by atoms with Crippen LogP contribution in [0, 0.1) is 0 Å². The molecule has 4 aliphatic heterocycles. The van der Waals surface area contributed by atoms with E-state index in [1.807, 2.05) is 0 Å². The van der Waals surface area contributed by atoms with Gasteiger partial charge in [0, 0.05) is 68.0 Å². The third kappa shape index (κ3) is 5.29. The van der Waals surface area contributed by atoms with Gasteiger partial charge >= 0.3 is 5.97 Å². The van der Waals surface area contributed by atoms with Gasteiger partial charge in [-0.25, -0.2) is 0 Å². The van der Waals surface area contributed by atoms with E-state index < -0.39 is 21.5 Å². The molecule has 6 rings (SSSR count). The van der Waals surface area contributed by atoms with Crippen LogP contribution in [0.15, 0.2) is 46.9 Å². The number of hydrogen-bond donors (Lipinski definition) is 2. The molecule has 1 atom stereocenters. The van der Waals surface area contributed by atoms with Crippen LogP contribution in [0.3, 0.4) is 0 Å². The van der Waals surface area contributed by atoms with Crippen LogP contribution in [0.1, 0.15) is 57.1 Å². The highest BCUT2D eigenvalue weighted by atomic mass is 32.2. The Morgan fingerprint density at radius 3 is 2.59 bits per heavy atom. The summed E-state index contributed by atoms with van der Waals surface area (Å²) in [5.41, 5.74) is 5.89. The van der Waals surface area contributed by atoms with Gasteiger partial charge in [0.1, 0.15) is 11.9 Å². The van der Waals surface area contributed by atoms with Crippen LogP contribution in [-0.4, -0.2) is 84.6 Å². The SMILES string of the molecule is CC1(C)C2=[N+](CCC3Oc4cc(N5CCN(CCCCCC(=O)O)CC5)ccc4C=C23)c2ccc(S(=O)(=O)O)cc21. The first-order valence-corrected chi connectivity index (χ1v) is 15.9. The Morgan fingerprint density at radius 2 is 1.85 bits per heavy atom. The Kier molecular flexibility index (Phi) is 7.20. The van der Waals surface area contributed by atoms with E-state index in [1.54, 1.807) is 12.1 Å². The lowest BCUT2D eigenvalue weighted by atomic mass is 9.76. The molecule has 0 spiro atoms. The quantitative estimate of drug-likeness (QED) is 0.270. The summed E-state index contributed by atoms with van der Waals surface area (Å²) in [6.45, 7) is 9.88. The molecule has 0 aliphatic carbocycles. The molecule has 10 heteroatoms. The minimum Gasteiger partial charge on any atom is -0.485 e. The maximum Gasteiger partial charge on any atom is 0.303 e. The molecule has 0 aromatic heterocycles. The first kappa shape index (κ1) is 27.9. The largest absolute Gasteiger partial charge is 0.485 e. The van der Waals surface area contributed by atoms with Crippen LogP contribution in [-0.2, 0) is 20.3 Å². The molecule has 1 fully saturated rings. The van der Waals surface area contributed by atoms with Crippen LogP contribution in [0.2, 0.25) is 0 Å². The zero-order chi connectivity index (χ0) is 28.9. The molecule has 218 valence electrons. The van der Waals surface area contributed by atoms with E-state index in [-0.39, 0.29) is 17.4 Å². The van der Waals surface area contributed by atoms with Gasteiger partial charge in [0.2, 0.25) is 5.69 Å². The van der Waals surface area contributed by atoms with Crippen LogP contribution in [0.5, 0.6) is 5.75 Å². The van der Waals surface area contributed by atoms with Crippen molar-refractivity contribution in [1.82, 2.24) is 4.90 Å². The third-order valence-electron chi connectivity index (χ3n) is 9.01. The summed E-state index contributed by atoms with van der Waals surface area (Å²) >= 11 is 0. The van der Waals surface area contributed by atoms with E-state index in [1.165, 1.54) is 6.07 Å². The summed E-state index contributed by atoms with van der Waals surface area (Å²) in [6.07, 6.45) is 5.98. The van der Waals surface area contributed by atoms with E-state index in [4.69, 9.17) is 9.84 Å². The van der Waals surface area contributed by atoms with E-state index in [0.29, 0.717) is 0 Å². The van der Waals surface area contributed by atoms with Crippen molar-refractivity contribution in [2.45, 2.75) is 62.4 Å². The predicted octanol–water partition coefficient (Wildman–Crippen LogP) is 4.32. The van der Waals surface area contributed by atoms with Gasteiger partial charge in [-0.15, -0.1) is 0 Å². The minimum atomic E-state index is -4.29. The zero-order valence-corrected chi connectivity index (χ0v) is 24.5. The molecule has 2 aromatic rings. The maximum absolute atomic E-state index is 11.8. The highest BCUT2D eigenvalue weighted by Crippen LogP contribution is 2.47. The molecule has 41 heavy (non-hydrogen) atoms. The second-order valence-corrected chi connectivity index (χ2v) is 13.5. The number of anilines is 1. The Hall–Kier alpha value is -3.21. The normalized spacial score (nSPS) is 21.4. The monoisotopic (exact) mass is 580 g/mol. The number of rotatable bonds is 8. The fourth-order valence-corrected chi connectivity index (χ4v) is 7.37. The predicted molar refractivity (Wildman–Crippen MR) is 157 cm³/mol. The summed E-state index contributed by atoms with van der Waals surface area (Å²) in [5.74, 6) is 0.182. The summed E-state index contributed by atoms with van der Waals surface area (Å²) in [7, 11) is -4.29. The van der Waals surface area contributed by atoms with Gasteiger partial charge in [-0.1, -0.05) is 6.42 Å². The third-order valence-corrected chi connectivity index (χ3v) is 9.86. The van der Waals surface area contributed by atoms with Crippen LogP contribution < -0.4 is 9.64 Å². The molecule has 0 bridgehead atoms. The van der Waals surface area contributed by atoms with Gasteiger partial charge in [0.25, 0.3) is 10.1 Å². The van der Waals surface area contributed by atoms with Crippen molar-refractivity contribution < 1.29 is 32.2 Å². The van der Waals surface area contributed by atoms with Gasteiger partial charge in [-0.2, -0.15) is 13.0 Å². The topological polar surface area (TPSA) is 110 Å². The average molecular weight is 581 g/mol. The number of hydrogen-bond acceptors (Lipinski definition) is 6. The van der Waals surface area contributed by atoms with Crippen LogP contribution in [0.4, 0.5) is 11.4 Å². The Bertz CT molecular complexity index is 1550. The van der Waals surface area contributed by atoms with Crippen molar-refractivity contribution in [2.24, 2.45) is 0 Å². The molecule has 4 heterocycles. The van der Waals surface area contributed by atoms with Gasteiger partial charge in [-0.3, -0.25) is 14.2 Å². The molecule has 2 aromatic carbocycles. The number of carbonyl (C=O) groups is 1. The zero-order valence-electron chi connectivity index (χ0n) is 23.7. The number of benzene rings is 2. The Labute approximate surface area is 241 Å². The fraction of sp³-hybridized carbons (Fsp3) is 0.484. The fourth-order valence-electron chi connectivity index (χ4n) is 6.86. The molecule has 1 unspecified atom stereocenters. The van der Waals surface area contributed by atoms with Crippen molar-refractivity contribution in [1.29, 1.82) is 0 Å². The number of carboxylic acids is 1.